The summed E-state index contributed by atoms with van der Waals surface area (Å²) >= 11 is 6.99. The molecule has 1 heterocycles. The van der Waals surface area contributed by atoms with E-state index in [0.29, 0.717) is 16.3 Å². The number of aryl methyl sites for hydroxylation is 2. The van der Waals surface area contributed by atoms with Gasteiger partial charge in [0, 0.05) is 16.3 Å². The summed E-state index contributed by atoms with van der Waals surface area (Å²) in [6.45, 7) is 3.80. The number of hydrogen-bond donors (Lipinski definition) is 2. The number of nitrogens with two attached hydrogens (primary N) is 1. The molecule has 33 heavy (non-hydrogen) atoms. The van der Waals surface area contributed by atoms with E-state index in [9.17, 15) is 13.2 Å². The molecule has 0 fully saturated rings. The van der Waals surface area contributed by atoms with E-state index < -0.39 is 9.84 Å². The first-order valence-corrected chi connectivity index (χ1v) is 12.7. The zero-order chi connectivity index (χ0) is 23.8. The Kier molecular flexibility index (Phi) is 6.30. The van der Waals surface area contributed by atoms with Crippen LogP contribution in [0.4, 0.5) is 16.4 Å². The van der Waals surface area contributed by atoms with Crippen LogP contribution in [0.5, 0.6) is 0 Å². The van der Waals surface area contributed by atoms with Crippen molar-refractivity contribution < 1.29 is 13.2 Å². The molecule has 8 heteroatoms. The predicted octanol–water partition coefficient (Wildman–Crippen LogP) is 6.41. The number of nitrogen functional groups attached to an aromatic ring is 1. The molecule has 4 aromatic rings. The van der Waals surface area contributed by atoms with Gasteiger partial charge in [0.05, 0.1) is 10.6 Å². The fourth-order valence-corrected chi connectivity index (χ4v) is 6.34. The number of nitrogens with one attached hydrogen (secondary N) is 1. The highest BCUT2D eigenvalue weighted by atomic mass is 35.5. The van der Waals surface area contributed by atoms with Crippen molar-refractivity contribution in [2.24, 2.45) is 0 Å². The smallest absolute Gasteiger partial charge is 0.211 e. The first kappa shape index (κ1) is 23.0. The highest BCUT2D eigenvalue weighted by molar-refractivity contribution is 7.92. The van der Waals surface area contributed by atoms with Crippen molar-refractivity contribution in [1.82, 2.24) is 0 Å². The van der Waals surface area contributed by atoms with Gasteiger partial charge in [0.25, 0.3) is 0 Å². The van der Waals surface area contributed by atoms with Crippen molar-refractivity contribution in [2.75, 3.05) is 11.1 Å². The second-order valence-electron chi connectivity index (χ2n) is 7.65. The summed E-state index contributed by atoms with van der Waals surface area (Å²) in [5.41, 5.74) is 9.29. The Morgan fingerprint density at radius 2 is 1.42 bits per heavy atom. The van der Waals surface area contributed by atoms with Crippen molar-refractivity contribution in [2.45, 2.75) is 23.6 Å². The molecule has 0 bridgehead atoms. The van der Waals surface area contributed by atoms with E-state index in [1.165, 1.54) is 12.1 Å². The Balaban J connectivity index is 1.87. The van der Waals surface area contributed by atoms with Crippen LogP contribution in [-0.2, 0) is 9.84 Å². The maximum atomic E-state index is 13.6. The number of thiophene rings is 1. The van der Waals surface area contributed by atoms with Crippen LogP contribution in [-0.4, -0.2) is 14.2 Å². The van der Waals surface area contributed by atoms with Crippen LogP contribution in [0.25, 0.3) is 0 Å². The molecule has 0 atom stereocenters. The fraction of sp³-hybridized carbons (Fsp3) is 0.0800. The number of carbonyl (C=O) groups excluding carboxylic acids is 1. The Bertz CT molecular complexity index is 1430. The van der Waals surface area contributed by atoms with E-state index in [-0.39, 0.29) is 31.1 Å². The summed E-state index contributed by atoms with van der Waals surface area (Å²) < 4.78 is 27.2. The van der Waals surface area contributed by atoms with Crippen molar-refractivity contribution in [3.63, 3.8) is 0 Å². The second kappa shape index (κ2) is 9.02. The quantitative estimate of drug-likeness (QED) is 0.301. The maximum absolute atomic E-state index is 13.6. The maximum Gasteiger partial charge on any atom is 0.211 e. The average molecular weight is 497 g/mol. The normalized spacial score (nSPS) is 11.4. The van der Waals surface area contributed by atoms with Crippen LogP contribution in [0.3, 0.4) is 0 Å². The highest BCUT2D eigenvalue weighted by Gasteiger charge is 2.31. The van der Waals surface area contributed by atoms with Gasteiger partial charge in [-0.15, -0.1) is 11.3 Å². The van der Waals surface area contributed by atoms with Crippen molar-refractivity contribution in [3.8, 4) is 0 Å². The molecule has 3 aromatic carbocycles. The molecule has 0 saturated heterocycles. The van der Waals surface area contributed by atoms with Gasteiger partial charge in [-0.2, -0.15) is 0 Å². The first-order chi connectivity index (χ1) is 15.7. The molecular weight excluding hydrogens is 476 g/mol. The van der Waals surface area contributed by atoms with Gasteiger partial charge >= 0.3 is 0 Å². The van der Waals surface area contributed by atoms with Crippen molar-refractivity contribution in [1.29, 1.82) is 0 Å². The van der Waals surface area contributed by atoms with Crippen LogP contribution in [0.2, 0.25) is 5.02 Å². The largest absolute Gasteiger partial charge is 0.396 e. The van der Waals surface area contributed by atoms with Gasteiger partial charge < -0.3 is 11.1 Å². The molecule has 0 radical (unpaired) electrons. The third kappa shape index (κ3) is 4.66. The second-order valence-corrected chi connectivity index (χ2v) is 11.0. The molecule has 0 aliphatic carbocycles. The minimum Gasteiger partial charge on any atom is -0.396 e. The minimum absolute atomic E-state index is 0.0670. The topological polar surface area (TPSA) is 89.3 Å². The van der Waals surface area contributed by atoms with E-state index in [0.717, 1.165) is 22.5 Å². The van der Waals surface area contributed by atoms with Gasteiger partial charge in [-0.3, -0.25) is 4.79 Å². The number of carbonyl (C=O) groups is 1. The summed E-state index contributed by atoms with van der Waals surface area (Å²) in [5, 5.41) is 3.93. The molecule has 5 nitrogen and oxygen atoms in total. The number of hydrogen-bond acceptors (Lipinski definition) is 6. The molecule has 0 spiro atoms. The Labute approximate surface area is 201 Å². The Morgan fingerprint density at radius 3 is 2.00 bits per heavy atom. The van der Waals surface area contributed by atoms with Gasteiger partial charge in [0.15, 0.2) is 0 Å². The minimum atomic E-state index is -4.00. The van der Waals surface area contributed by atoms with Crippen LogP contribution in [0, 0.1) is 13.8 Å². The zero-order valence-corrected chi connectivity index (χ0v) is 20.3. The third-order valence-corrected chi connectivity index (χ3v) is 8.48. The molecule has 1 aromatic heterocycles. The predicted molar refractivity (Wildman–Crippen MR) is 135 cm³/mol. The lowest BCUT2D eigenvalue weighted by Crippen LogP contribution is -2.08. The standard InChI is InChI=1S/C25H21ClN2O3S2/c1-15-3-7-17(8-4-15)22(29)23-21(27)24(33(30,31)20-13-5-16(2)6-14-20)25(32-23)28-19-11-9-18(26)10-12-19/h3-14,28H,27H2,1-2H3. The lowest BCUT2D eigenvalue weighted by molar-refractivity contribution is 0.104. The molecular formula is C25H21ClN2O3S2. The number of sulfone groups is 1. The lowest BCUT2D eigenvalue weighted by atomic mass is 10.1. The molecule has 3 N–H and O–H groups in total. The zero-order valence-electron chi connectivity index (χ0n) is 17.9. The molecule has 0 amide bonds. The number of rotatable bonds is 6. The van der Waals surface area contributed by atoms with Crippen LogP contribution in [0.15, 0.2) is 82.6 Å². The molecule has 4 rings (SSSR count). The summed E-state index contributed by atoms with van der Waals surface area (Å²) in [6.07, 6.45) is 0. The van der Waals surface area contributed by atoms with E-state index in [4.69, 9.17) is 17.3 Å². The molecule has 168 valence electrons. The van der Waals surface area contributed by atoms with Crippen LogP contribution >= 0.6 is 22.9 Å². The van der Waals surface area contributed by atoms with Crippen molar-refractivity contribution >= 4 is 54.9 Å². The Morgan fingerprint density at radius 1 is 0.879 bits per heavy atom. The molecule has 0 aliphatic rings. The number of benzene rings is 3. The van der Waals surface area contributed by atoms with E-state index in [2.05, 4.69) is 5.32 Å². The van der Waals surface area contributed by atoms with Gasteiger partial charge in [-0.05, 0) is 50.2 Å². The Hall–Kier alpha value is -3.13. The van der Waals surface area contributed by atoms with Gasteiger partial charge in [0.1, 0.15) is 14.8 Å². The summed E-state index contributed by atoms with van der Waals surface area (Å²) in [5.74, 6) is -0.331. The number of ketones is 1. The van der Waals surface area contributed by atoms with Gasteiger partial charge in [-0.25, -0.2) is 8.42 Å². The molecule has 0 unspecified atom stereocenters. The van der Waals surface area contributed by atoms with E-state index >= 15 is 0 Å². The fourth-order valence-electron chi connectivity index (χ4n) is 3.28. The van der Waals surface area contributed by atoms with Gasteiger partial charge in [0.2, 0.25) is 15.6 Å². The van der Waals surface area contributed by atoms with Crippen LogP contribution < -0.4 is 11.1 Å². The SMILES string of the molecule is Cc1ccc(C(=O)c2sc(Nc3ccc(Cl)cc3)c(S(=O)(=O)c3ccc(C)cc3)c2N)cc1. The van der Waals surface area contributed by atoms with Crippen molar-refractivity contribution in [3.05, 3.63) is 99.4 Å². The van der Waals surface area contributed by atoms with E-state index in [1.54, 1.807) is 48.5 Å². The van der Waals surface area contributed by atoms with E-state index in [1.807, 2.05) is 26.0 Å². The number of halogens is 1. The van der Waals surface area contributed by atoms with Crippen LogP contribution in [0.1, 0.15) is 26.4 Å². The third-order valence-electron chi connectivity index (χ3n) is 5.12. The highest BCUT2D eigenvalue weighted by Crippen LogP contribution is 2.44. The monoisotopic (exact) mass is 496 g/mol. The number of anilines is 3. The molecule has 0 saturated carbocycles. The first-order valence-electron chi connectivity index (χ1n) is 10.0. The molecule has 0 aliphatic heterocycles. The summed E-state index contributed by atoms with van der Waals surface area (Å²) in [4.78, 5) is 13.4. The summed E-state index contributed by atoms with van der Waals surface area (Å²) in [6, 6.07) is 20.4. The lowest BCUT2D eigenvalue weighted by Gasteiger charge is -2.10. The summed E-state index contributed by atoms with van der Waals surface area (Å²) in [7, 11) is -4.00. The average Bonchev–Trinajstić information content (AvgIpc) is 3.12. The van der Waals surface area contributed by atoms with Gasteiger partial charge in [-0.1, -0.05) is 59.1 Å².